The second kappa shape index (κ2) is 7.31. The van der Waals surface area contributed by atoms with Crippen LogP contribution in [0.1, 0.15) is 22.6 Å². The molecular weight excluding hydrogens is 362 g/mol. The number of aryl methyl sites for hydroxylation is 2. The molecule has 26 heavy (non-hydrogen) atoms. The van der Waals surface area contributed by atoms with E-state index in [4.69, 9.17) is 0 Å². The molecule has 130 valence electrons. The molecule has 4 aromatic rings. The zero-order chi connectivity index (χ0) is 17.9. The second-order valence-corrected chi connectivity index (χ2v) is 7.79. The normalized spacial score (nSPS) is 10.8. The molecule has 0 saturated heterocycles. The van der Waals surface area contributed by atoms with Gasteiger partial charge in [-0.1, -0.05) is 47.7 Å². The molecule has 0 fully saturated rings. The Balaban J connectivity index is 1.65. The van der Waals surface area contributed by atoms with Crippen molar-refractivity contribution in [1.82, 2.24) is 20.2 Å². The molecule has 0 aliphatic rings. The lowest BCUT2D eigenvalue weighted by atomic mass is 10.0. The topological polar surface area (TPSA) is 63.6 Å². The summed E-state index contributed by atoms with van der Waals surface area (Å²) in [5, 5.41) is 15.6. The summed E-state index contributed by atoms with van der Waals surface area (Å²) in [6.07, 6.45) is 0.770. The number of thiophene rings is 1. The molecule has 0 unspecified atom stereocenters. The number of aromatic nitrogens is 4. The molecule has 4 rings (SSSR count). The van der Waals surface area contributed by atoms with Gasteiger partial charge >= 0.3 is 0 Å². The number of benzene rings is 1. The van der Waals surface area contributed by atoms with E-state index in [2.05, 4.69) is 43.7 Å². The average molecular weight is 380 g/mol. The Kier molecular flexibility index (Phi) is 4.73. The van der Waals surface area contributed by atoms with E-state index in [-0.39, 0.29) is 0 Å². The maximum atomic E-state index is 4.62. The molecule has 1 aromatic carbocycles. The standard InChI is InChI=1S/C19H17N5S2/c1-12-15(11-14-7-4-3-5-8-14)17(21-13(2)20-12)22-19-24-23-18(26-19)16-9-6-10-25-16/h3-10H,11H2,1-2H3,(H,20,21,22,24). The number of nitrogens with one attached hydrogen (secondary N) is 1. The number of rotatable bonds is 5. The van der Waals surface area contributed by atoms with Crippen molar-refractivity contribution in [3.63, 3.8) is 0 Å². The molecule has 1 N–H and O–H groups in total. The molecule has 5 nitrogen and oxygen atoms in total. The van der Waals surface area contributed by atoms with Gasteiger partial charge in [0, 0.05) is 17.7 Å². The summed E-state index contributed by atoms with van der Waals surface area (Å²) in [6, 6.07) is 14.4. The Morgan fingerprint density at radius 1 is 0.962 bits per heavy atom. The van der Waals surface area contributed by atoms with Crippen LogP contribution in [0.2, 0.25) is 0 Å². The van der Waals surface area contributed by atoms with Crippen LogP contribution in [0.5, 0.6) is 0 Å². The number of nitrogens with zero attached hydrogens (tertiary/aromatic N) is 4. The van der Waals surface area contributed by atoms with Crippen LogP contribution in [0.25, 0.3) is 9.88 Å². The van der Waals surface area contributed by atoms with Crippen molar-refractivity contribution in [2.75, 3.05) is 5.32 Å². The van der Waals surface area contributed by atoms with Gasteiger partial charge in [-0.15, -0.1) is 21.5 Å². The molecule has 0 spiro atoms. The lowest BCUT2D eigenvalue weighted by Crippen LogP contribution is -2.06. The Morgan fingerprint density at radius 2 is 1.81 bits per heavy atom. The molecular formula is C19H17N5S2. The van der Waals surface area contributed by atoms with E-state index in [0.717, 1.165) is 44.3 Å². The Hall–Kier alpha value is -2.64. The molecule has 7 heteroatoms. The van der Waals surface area contributed by atoms with Crippen molar-refractivity contribution in [2.24, 2.45) is 0 Å². The molecule has 0 saturated carbocycles. The van der Waals surface area contributed by atoms with E-state index in [0.29, 0.717) is 0 Å². The van der Waals surface area contributed by atoms with Gasteiger partial charge in [0.25, 0.3) is 0 Å². The largest absolute Gasteiger partial charge is 0.314 e. The highest BCUT2D eigenvalue weighted by Gasteiger charge is 2.14. The van der Waals surface area contributed by atoms with E-state index in [1.807, 2.05) is 43.5 Å². The van der Waals surface area contributed by atoms with Gasteiger partial charge in [0.2, 0.25) is 5.13 Å². The average Bonchev–Trinajstić information content (AvgIpc) is 3.30. The minimum absolute atomic E-state index is 0.736. The number of hydrogen-bond acceptors (Lipinski definition) is 7. The number of hydrogen-bond donors (Lipinski definition) is 1. The highest BCUT2D eigenvalue weighted by Crippen LogP contribution is 2.32. The fourth-order valence-corrected chi connectivity index (χ4v) is 4.26. The van der Waals surface area contributed by atoms with Gasteiger partial charge in [-0.25, -0.2) is 9.97 Å². The van der Waals surface area contributed by atoms with Crippen molar-refractivity contribution >= 4 is 33.6 Å². The minimum Gasteiger partial charge on any atom is -0.314 e. The van der Waals surface area contributed by atoms with Crippen molar-refractivity contribution in [3.8, 4) is 9.88 Å². The van der Waals surface area contributed by atoms with E-state index >= 15 is 0 Å². The van der Waals surface area contributed by atoms with Crippen molar-refractivity contribution in [3.05, 3.63) is 70.5 Å². The third-order valence-electron chi connectivity index (χ3n) is 3.93. The molecule has 0 atom stereocenters. The Bertz CT molecular complexity index is 1010. The van der Waals surface area contributed by atoms with Gasteiger partial charge in [-0.3, -0.25) is 0 Å². The van der Waals surface area contributed by atoms with Gasteiger partial charge in [0.1, 0.15) is 11.6 Å². The van der Waals surface area contributed by atoms with Gasteiger partial charge < -0.3 is 5.32 Å². The number of anilines is 2. The van der Waals surface area contributed by atoms with Crippen molar-refractivity contribution in [2.45, 2.75) is 20.3 Å². The summed E-state index contributed by atoms with van der Waals surface area (Å²) in [6.45, 7) is 3.93. The van der Waals surface area contributed by atoms with Crippen LogP contribution in [-0.4, -0.2) is 20.2 Å². The summed E-state index contributed by atoms with van der Waals surface area (Å²) in [5.41, 5.74) is 3.28. The van der Waals surface area contributed by atoms with Crippen LogP contribution in [0.4, 0.5) is 10.9 Å². The third kappa shape index (κ3) is 3.63. The van der Waals surface area contributed by atoms with E-state index in [1.165, 1.54) is 16.9 Å². The molecule has 0 bridgehead atoms. The summed E-state index contributed by atoms with van der Waals surface area (Å²) >= 11 is 3.19. The van der Waals surface area contributed by atoms with Crippen LogP contribution in [0.3, 0.4) is 0 Å². The van der Waals surface area contributed by atoms with Gasteiger partial charge in [0.15, 0.2) is 5.01 Å². The monoisotopic (exact) mass is 379 g/mol. The first-order valence-electron chi connectivity index (χ1n) is 8.21. The maximum absolute atomic E-state index is 4.62. The fraction of sp³-hybridized carbons (Fsp3) is 0.158. The van der Waals surface area contributed by atoms with Crippen LogP contribution in [0, 0.1) is 13.8 Å². The molecule has 3 aromatic heterocycles. The van der Waals surface area contributed by atoms with Crippen LogP contribution in [0.15, 0.2) is 47.8 Å². The van der Waals surface area contributed by atoms with E-state index < -0.39 is 0 Å². The molecule has 3 heterocycles. The van der Waals surface area contributed by atoms with E-state index in [9.17, 15) is 0 Å². The van der Waals surface area contributed by atoms with Crippen molar-refractivity contribution < 1.29 is 0 Å². The molecule has 0 amide bonds. The zero-order valence-corrected chi connectivity index (χ0v) is 16.1. The lowest BCUT2D eigenvalue weighted by Gasteiger charge is -2.12. The summed E-state index contributed by atoms with van der Waals surface area (Å²) < 4.78 is 0. The first-order chi connectivity index (χ1) is 12.7. The minimum atomic E-state index is 0.736. The van der Waals surface area contributed by atoms with Crippen molar-refractivity contribution in [1.29, 1.82) is 0 Å². The Labute approximate surface area is 159 Å². The smallest absolute Gasteiger partial charge is 0.211 e. The first-order valence-corrected chi connectivity index (χ1v) is 9.91. The second-order valence-electron chi connectivity index (χ2n) is 5.86. The highest BCUT2D eigenvalue weighted by atomic mass is 32.1. The first kappa shape index (κ1) is 16.8. The van der Waals surface area contributed by atoms with Gasteiger partial charge in [-0.05, 0) is 30.9 Å². The van der Waals surface area contributed by atoms with Crippen LogP contribution >= 0.6 is 22.7 Å². The Morgan fingerprint density at radius 3 is 2.58 bits per heavy atom. The van der Waals surface area contributed by atoms with Crippen LogP contribution in [-0.2, 0) is 6.42 Å². The predicted molar refractivity (Wildman–Crippen MR) is 107 cm³/mol. The SMILES string of the molecule is Cc1nc(C)c(Cc2ccccc2)c(Nc2nnc(-c3cccs3)s2)n1. The highest BCUT2D eigenvalue weighted by molar-refractivity contribution is 7.22. The quantitative estimate of drug-likeness (QED) is 0.528. The molecule has 0 aliphatic heterocycles. The third-order valence-corrected chi connectivity index (χ3v) is 5.81. The lowest BCUT2D eigenvalue weighted by molar-refractivity contribution is 0.962. The van der Waals surface area contributed by atoms with Gasteiger partial charge in [-0.2, -0.15) is 0 Å². The van der Waals surface area contributed by atoms with Gasteiger partial charge in [0.05, 0.1) is 4.88 Å². The maximum Gasteiger partial charge on any atom is 0.211 e. The predicted octanol–water partition coefficient (Wildman–Crippen LogP) is 5.01. The zero-order valence-electron chi connectivity index (χ0n) is 14.4. The molecule has 0 aliphatic carbocycles. The van der Waals surface area contributed by atoms with Crippen LogP contribution < -0.4 is 5.32 Å². The molecule has 0 radical (unpaired) electrons. The fourth-order valence-electron chi connectivity index (χ4n) is 2.73. The summed E-state index contributed by atoms with van der Waals surface area (Å²) in [4.78, 5) is 10.3. The summed E-state index contributed by atoms with van der Waals surface area (Å²) in [7, 11) is 0. The summed E-state index contributed by atoms with van der Waals surface area (Å²) in [5.74, 6) is 1.54. The van der Waals surface area contributed by atoms with E-state index in [1.54, 1.807) is 11.3 Å².